The molecule has 0 aliphatic rings. The molecule has 0 atom stereocenters. The molecule has 0 aliphatic heterocycles. The van der Waals surface area contributed by atoms with Crippen LogP contribution in [0.25, 0.3) is 0 Å². The van der Waals surface area contributed by atoms with Crippen molar-refractivity contribution in [2.24, 2.45) is 0 Å². The molecule has 0 aromatic heterocycles. The highest BCUT2D eigenvalue weighted by molar-refractivity contribution is 6.31. The van der Waals surface area contributed by atoms with Crippen LogP contribution in [-0.2, 0) is 9.53 Å². The maximum Gasteiger partial charge on any atom is 0.325 e. The Bertz CT molecular complexity index is 479. The third-order valence-corrected chi connectivity index (χ3v) is 2.69. The highest BCUT2D eigenvalue weighted by Crippen LogP contribution is 2.16. The summed E-state index contributed by atoms with van der Waals surface area (Å²) in [6.07, 6.45) is 0. The van der Waals surface area contributed by atoms with Crippen LogP contribution in [0.3, 0.4) is 0 Å². The highest BCUT2D eigenvalue weighted by atomic mass is 35.5. The Labute approximate surface area is 116 Å². The fourth-order valence-corrected chi connectivity index (χ4v) is 1.69. The summed E-state index contributed by atoms with van der Waals surface area (Å²) in [4.78, 5) is 24.7. The molecule has 1 rings (SSSR count). The van der Waals surface area contributed by atoms with Gasteiger partial charge >= 0.3 is 5.97 Å². The van der Waals surface area contributed by atoms with Crippen molar-refractivity contribution in [3.05, 3.63) is 34.6 Å². The van der Waals surface area contributed by atoms with Gasteiger partial charge in [0.1, 0.15) is 12.4 Å². The fraction of sp³-hybridized carbons (Fsp3) is 0.385. The predicted octanol–water partition coefficient (Wildman–Crippen LogP) is 2.50. The van der Waals surface area contributed by atoms with Gasteiger partial charge in [-0.25, -0.2) is 4.39 Å². The lowest BCUT2D eigenvalue weighted by atomic mass is 10.2. The molecule has 0 fully saturated rings. The first-order valence-corrected chi connectivity index (χ1v) is 6.27. The molecule has 0 spiro atoms. The molecule has 0 saturated heterocycles. The molecule has 0 unspecified atom stereocenters. The molecule has 6 heteroatoms. The molecule has 0 aliphatic carbocycles. The molecular formula is C13H15ClFNO3. The van der Waals surface area contributed by atoms with E-state index in [4.69, 9.17) is 16.3 Å². The number of hydrogen-bond donors (Lipinski definition) is 0. The summed E-state index contributed by atoms with van der Waals surface area (Å²) < 4.78 is 18.3. The first-order chi connectivity index (χ1) is 8.99. The number of hydrogen-bond acceptors (Lipinski definition) is 3. The molecular weight excluding hydrogens is 273 g/mol. The van der Waals surface area contributed by atoms with E-state index in [1.165, 1.54) is 17.0 Å². The first-order valence-electron chi connectivity index (χ1n) is 5.89. The Kier molecular flexibility index (Phi) is 5.76. The third-order valence-electron chi connectivity index (χ3n) is 2.45. The molecule has 0 N–H and O–H groups in total. The van der Waals surface area contributed by atoms with Crippen LogP contribution in [0.2, 0.25) is 5.02 Å². The number of rotatable bonds is 5. The molecule has 0 heterocycles. The number of carbonyl (C=O) groups is 2. The quantitative estimate of drug-likeness (QED) is 0.782. The predicted molar refractivity (Wildman–Crippen MR) is 69.6 cm³/mol. The Hall–Kier alpha value is -1.62. The number of carbonyl (C=O) groups excluding carboxylic acids is 2. The van der Waals surface area contributed by atoms with Crippen molar-refractivity contribution in [1.82, 2.24) is 4.90 Å². The zero-order chi connectivity index (χ0) is 14.4. The monoisotopic (exact) mass is 287 g/mol. The van der Waals surface area contributed by atoms with Crippen LogP contribution in [0.4, 0.5) is 4.39 Å². The van der Waals surface area contributed by atoms with Crippen molar-refractivity contribution < 1.29 is 18.7 Å². The normalized spacial score (nSPS) is 10.1. The average molecular weight is 288 g/mol. The lowest BCUT2D eigenvalue weighted by Crippen LogP contribution is -2.36. The van der Waals surface area contributed by atoms with E-state index in [0.717, 1.165) is 6.07 Å². The number of ether oxygens (including phenoxy) is 1. The van der Waals surface area contributed by atoms with Gasteiger partial charge < -0.3 is 9.64 Å². The lowest BCUT2D eigenvalue weighted by Gasteiger charge is -2.20. The van der Waals surface area contributed by atoms with Gasteiger partial charge in [-0.15, -0.1) is 0 Å². The summed E-state index contributed by atoms with van der Waals surface area (Å²) in [5.41, 5.74) is -0.154. The van der Waals surface area contributed by atoms with Crippen molar-refractivity contribution in [2.45, 2.75) is 13.8 Å². The topological polar surface area (TPSA) is 46.6 Å². The molecule has 1 aromatic carbocycles. The molecule has 1 amide bonds. The zero-order valence-corrected chi connectivity index (χ0v) is 11.5. The van der Waals surface area contributed by atoms with Crippen LogP contribution in [0, 0.1) is 5.82 Å². The number of benzene rings is 1. The standard InChI is InChI=1S/C13H15ClFNO3/c1-3-16(8-12(17)19-4-2)13(18)10-7-9(14)5-6-11(10)15/h5-7H,3-4,8H2,1-2H3. The number of halogens is 2. The molecule has 1 aromatic rings. The second-order valence-electron chi connectivity index (χ2n) is 3.75. The highest BCUT2D eigenvalue weighted by Gasteiger charge is 2.21. The van der Waals surface area contributed by atoms with Crippen LogP contribution < -0.4 is 0 Å². The van der Waals surface area contributed by atoms with E-state index in [1.807, 2.05) is 0 Å². The van der Waals surface area contributed by atoms with E-state index < -0.39 is 17.7 Å². The second-order valence-corrected chi connectivity index (χ2v) is 4.18. The van der Waals surface area contributed by atoms with Gasteiger partial charge in [-0.2, -0.15) is 0 Å². The van der Waals surface area contributed by atoms with E-state index in [2.05, 4.69) is 0 Å². The molecule has 0 bridgehead atoms. The minimum absolute atomic E-state index is 0.154. The smallest absolute Gasteiger partial charge is 0.325 e. The van der Waals surface area contributed by atoms with Gasteiger partial charge in [0.15, 0.2) is 0 Å². The average Bonchev–Trinajstić information content (AvgIpc) is 2.38. The third kappa shape index (κ3) is 4.21. The van der Waals surface area contributed by atoms with E-state index in [1.54, 1.807) is 13.8 Å². The molecule has 0 radical (unpaired) electrons. The number of likely N-dealkylation sites (N-methyl/N-ethyl adjacent to an activating group) is 1. The van der Waals surface area contributed by atoms with Crippen LogP contribution >= 0.6 is 11.6 Å². The largest absolute Gasteiger partial charge is 0.465 e. The summed E-state index contributed by atoms with van der Waals surface area (Å²) in [6, 6.07) is 3.72. The summed E-state index contributed by atoms with van der Waals surface area (Å²) in [5, 5.41) is 0.261. The van der Waals surface area contributed by atoms with Gasteiger partial charge in [-0.05, 0) is 32.0 Å². The number of nitrogens with zero attached hydrogens (tertiary/aromatic N) is 1. The molecule has 104 valence electrons. The van der Waals surface area contributed by atoms with Crippen LogP contribution in [-0.4, -0.2) is 36.5 Å². The van der Waals surface area contributed by atoms with Crippen molar-refractivity contribution >= 4 is 23.5 Å². The van der Waals surface area contributed by atoms with Gasteiger partial charge in [0.25, 0.3) is 5.91 Å². The summed E-state index contributed by atoms with van der Waals surface area (Å²) in [7, 11) is 0. The number of amides is 1. The minimum atomic E-state index is -0.670. The Balaban J connectivity index is 2.89. The molecule has 19 heavy (non-hydrogen) atoms. The van der Waals surface area contributed by atoms with Crippen LogP contribution in [0.5, 0.6) is 0 Å². The van der Waals surface area contributed by atoms with Gasteiger partial charge in [-0.3, -0.25) is 9.59 Å². The van der Waals surface area contributed by atoms with Crippen molar-refractivity contribution in [1.29, 1.82) is 0 Å². The SMILES string of the molecule is CCOC(=O)CN(CC)C(=O)c1cc(Cl)ccc1F. The first kappa shape index (κ1) is 15.4. The van der Waals surface area contributed by atoms with Crippen molar-refractivity contribution in [3.63, 3.8) is 0 Å². The van der Waals surface area contributed by atoms with E-state index in [0.29, 0.717) is 0 Å². The molecule has 0 saturated carbocycles. The Morgan fingerprint density at radius 1 is 1.37 bits per heavy atom. The number of esters is 1. The maximum absolute atomic E-state index is 13.6. The van der Waals surface area contributed by atoms with Crippen molar-refractivity contribution in [2.75, 3.05) is 19.7 Å². The van der Waals surface area contributed by atoms with Gasteiger partial charge in [-0.1, -0.05) is 11.6 Å². The maximum atomic E-state index is 13.6. The van der Waals surface area contributed by atoms with Crippen LogP contribution in [0.15, 0.2) is 18.2 Å². The fourth-order valence-electron chi connectivity index (χ4n) is 1.52. The van der Waals surface area contributed by atoms with Crippen LogP contribution in [0.1, 0.15) is 24.2 Å². The van der Waals surface area contributed by atoms with E-state index >= 15 is 0 Å². The zero-order valence-electron chi connectivity index (χ0n) is 10.8. The lowest BCUT2D eigenvalue weighted by molar-refractivity contribution is -0.143. The van der Waals surface area contributed by atoms with E-state index in [9.17, 15) is 14.0 Å². The second kappa shape index (κ2) is 7.09. The van der Waals surface area contributed by atoms with Gasteiger partial charge in [0.05, 0.1) is 12.2 Å². The van der Waals surface area contributed by atoms with Crippen molar-refractivity contribution in [3.8, 4) is 0 Å². The summed E-state index contributed by atoms with van der Waals surface area (Å²) in [6.45, 7) is 3.65. The van der Waals surface area contributed by atoms with E-state index in [-0.39, 0.29) is 30.3 Å². The Morgan fingerprint density at radius 2 is 2.05 bits per heavy atom. The van der Waals surface area contributed by atoms with Gasteiger partial charge in [0, 0.05) is 11.6 Å². The van der Waals surface area contributed by atoms with Gasteiger partial charge in [0.2, 0.25) is 0 Å². The summed E-state index contributed by atoms with van der Waals surface area (Å²) in [5.74, 6) is -1.78. The minimum Gasteiger partial charge on any atom is -0.465 e. The Morgan fingerprint density at radius 3 is 2.63 bits per heavy atom. The molecule has 4 nitrogen and oxygen atoms in total. The summed E-state index contributed by atoms with van der Waals surface area (Å²) >= 11 is 5.74.